The molecule has 0 aromatic heterocycles. The Labute approximate surface area is 198 Å². The lowest BCUT2D eigenvalue weighted by Crippen LogP contribution is -2.54. The van der Waals surface area contributed by atoms with Gasteiger partial charge in [-0.2, -0.15) is 0 Å². The van der Waals surface area contributed by atoms with Gasteiger partial charge in [-0.25, -0.2) is 8.42 Å². The van der Waals surface area contributed by atoms with Gasteiger partial charge in [-0.3, -0.25) is 14.5 Å². The number of carbonyl (C=O) groups is 2. The van der Waals surface area contributed by atoms with Crippen molar-refractivity contribution in [2.75, 3.05) is 22.7 Å². The number of para-hydroxylation sites is 1. The van der Waals surface area contributed by atoms with E-state index in [0.29, 0.717) is 22.7 Å². The number of ether oxygens (including phenoxy) is 1. The van der Waals surface area contributed by atoms with Crippen LogP contribution < -0.4 is 14.5 Å². The van der Waals surface area contributed by atoms with Crippen molar-refractivity contribution in [1.82, 2.24) is 0 Å². The Morgan fingerprint density at radius 2 is 1.68 bits per heavy atom. The maximum atomic E-state index is 14.2. The number of nitrogens with zero attached hydrogens (tertiary/aromatic N) is 2. The first kappa shape index (κ1) is 22.2. The molecule has 1 spiro atoms. The van der Waals surface area contributed by atoms with Crippen LogP contribution in [0.5, 0.6) is 5.75 Å². The number of anilines is 2. The number of hydrogen-bond donors (Lipinski definition) is 0. The third kappa shape index (κ3) is 2.98. The molecule has 8 heteroatoms. The molecule has 1 unspecified atom stereocenters. The number of methoxy groups -OCH3 is 1. The summed E-state index contributed by atoms with van der Waals surface area (Å²) in [6.07, 6.45) is 0. The van der Waals surface area contributed by atoms with Crippen molar-refractivity contribution in [3.8, 4) is 5.75 Å². The standard InChI is InChI=1S/C26H24N2O5S/c1-17-8-9-18(2)19(14-17)15-27-23-7-5-4-6-22(23)26(25(27)30)28(24(29)16-34(26,31)32)20-10-12-21(33-3)13-11-20/h4-14H,15-16H2,1-3H3. The molecule has 1 atom stereocenters. The van der Waals surface area contributed by atoms with Crippen molar-refractivity contribution >= 4 is 33.0 Å². The third-order valence-electron chi connectivity index (χ3n) is 6.59. The SMILES string of the molecule is COc1ccc(N2C(=O)CS(=O)(=O)C23C(=O)N(Cc2cc(C)ccc2C)c2ccccc23)cc1. The fourth-order valence-electron chi connectivity index (χ4n) is 4.92. The minimum Gasteiger partial charge on any atom is -0.497 e. The number of sulfone groups is 1. The Morgan fingerprint density at radius 3 is 2.38 bits per heavy atom. The molecule has 174 valence electrons. The van der Waals surface area contributed by atoms with Gasteiger partial charge in [0.25, 0.3) is 10.8 Å². The quantitative estimate of drug-likeness (QED) is 0.576. The van der Waals surface area contributed by atoms with Crippen LogP contribution in [-0.4, -0.2) is 33.1 Å². The van der Waals surface area contributed by atoms with E-state index < -0.39 is 32.3 Å². The molecule has 5 rings (SSSR count). The Morgan fingerprint density at radius 1 is 0.971 bits per heavy atom. The Balaban J connectivity index is 1.72. The summed E-state index contributed by atoms with van der Waals surface area (Å²) in [4.78, 5) is 27.8. The number of hydrogen-bond acceptors (Lipinski definition) is 5. The number of benzene rings is 3. The first-order valence-corrected chi connectivity index (χ1v) is 12.5. The number of carbonyl (C=O) groups excluding carboxylic acids is 2. The second-order valence-electron chi connectivity index (χ2n) is 8.67. The normalized spacial score (nSPS) is 20.8. The van der Waals surface area contributed by atoms with Crippen molar-refractivity contribution in [3.63, 3.8) is 0 Å². The van der Waals surface area contributed by atoms with Gasteiger partial charge in [0.2, 0.25) is 5.91 Å². The summed E-state index contributed by atoms with van der Waals surface area (Å²) in [6.45, 7) is 4.12. The highest BCUT2D eigenvalue weighted by Gasteiger charge is 2.69. The van der Waals surface area contributed by atoms with E-state index in [1.807, 2.05) is 32.0 Å². The maximum Gasteiger partial charge on any atom is 0.274 e. The number of aryl methyl sites for hydroxylation is 2. The van der Waals surface area contributed by atoms with E-state index in [-0.39, 0.29) is 6.54 Å². The van der Waals surface area contributed by atoms with E-state index in [1.165, 1.54) is 12.0 Å². The largest absolute Gasteiger partial charge is 0.497 e. The molecule has 1 fully saturated rings. The van der Waals surface area contributed by atoms with Crippen LogP contribution in [0, 0.1) is 13.8 Å². The summed E-state index contributed by atoms with van der Waals surface area (Å²) in [6, 6.07) is 19.3. The molecule has 3 aromatic carbocycles. The minimum absolute atomic E-state index is 0.200. The molecule has 7 nitrogen and oxygen atoms in total. The van der Waals surface area contributed by atoms with E-state index in [0.717, 1.165) is 21.6 Å². The fraction of sp³-hybridized carbons (Fsp3) is 0.231. The van der Waals surface area contributed by atoms with Crippen molar-refractivity contribution in [1.29, 1.82) is 0 Å². The van der Waals surface area contributed by atoms with Crippen LogP contribution in [0.2, 0.25) is 0 Å². The molecule has 0 saturated carbocycles. The van der Waals surface area contributed by atoms with Crippen LogP contribution in [0.4, 0.5) is 11.4 Å². The number of amides is 2. The summed E-state index contributed by atoms with van der Waals surface area (Å²) < 4.78 is 32.5. The Hall–Kier alpha value is -3.65. The van der Waals surface area contributed by atoms with Crippen LogP contribution >= 0.6 is 0 Å². The van der Waals surface area contributed by atoms with Gasteiger partial charge in [-0.15, -0.1) is 0 Å². The van der Waals surface area contributed by atoms with Crippen LogP contribution in [-0.2, 0) is 30.8 Å². The van der Waals surface area contributed by atoms with E-state index in [4.69, 9.17) is 4.74 Å². The molecular weight excluding hydrogens is 452 g/mol. The van der Waals surface area contributed by atoms with Gasteiger partial charge in [0, 0.05) is 11.3 Å². The van der Waals surface area contributed by atoms with Gasteiger partial charge in [-0.05, 0) is 55.3 Å². The lowest BCUT2D eigenvalue weighted by molar-refractivity contribution is -0.123. The van der Waals surface area contributed by atoms with Gasteiger partial charge < -0.3 is 9.64 Å². The second kappa shape index (κ2) is 7.70. The zero-order valence-electron chi connectivity index (χ0n) is 19.1. The summed E-state index contributed by atoms with van der Waals surface area (Å²) in [5, 5.41) is 0. The molecule has 1 saturated heterocycles. The van der Waals surface area contributed by atoms with Crippen molar-refractivity contribution < 1.29 is 22.7 Å². The summed E-state index contributed by atoms with van der Waals surface area (Å²) in [5.41, 5.74) is 4.06. The minimum atomic E-state index is -4.20. The first-order chi connectivity index (χ1) is 16.2. The Kier molecular flexibility index (Phi) is 5.02. The molecule has 0 aliphatic carbocycles. The molecular formula is C26H24N2O5S. The average Bonchev–Trinajstić information content (AvgIpc) is 3.19. The van der Waals surface area contributed by atoms with Crippen molar-refractivity contribution in [2.24, 2.45) is 0 Å². The topological polar surface area (TPSA) is 84.0 Å². The van der Waals surface area contributed by atoms with Gasteiger partial charge >= 0.3 is 0 Å². The van der Waals surface area contributed by atoms with Crippen LogP contribution in [0.1, 0.15) is 22.3 Å². The number of rotatable bonds is 4. The molecule has 2 amide bonds. The zero-order valence-corrected chi connectivity index (χ0v) is 19.9. The molecule has 0 bridgehead atoms. The van der Waals surface area contributed by atoms with Gasteiger partial charge in [0.1, 0.15) is 11.5 Å². The van der Waals surface area contributed by atoms with Crippen molar-refractivity contribution in [2.45, 2.75) is 25.3 Å². The number of fused-ring (bicyclic) bond motifs is 2. The molecule has 2 aliphatic rings. The fourth-order valence-corrected chi connectivity index (χ4v) is 6.95. The second-order valence-corrected chi connectivity index (χ2v) is 10.8. The van der Waals surface area contributed by atoms with Gasteiger partial charge in [0.05, 0.1) is 19.3 Å². The average molecular weight is 477 g/mol. The lowest BCUT2D eigenvalue weighted by Gasteiger charge is -2.32. The highest BCUT2D eigenvalue weighted by Crippen LogP contribution is 2.52. The van der Waals surface area contributed by atoms with Crippen LogP contribution in [0.3, 0.4) is 0 Å². The van der Waals surface area contributed by atoms with Gasteiger partial charge in [0.15, 0.2) is 9.84 Å². The molecule has 3 aromatic rings. The van der Waals surface area contributed by atoms with Gasteiger partial charge in [-0.1, -0.05) is 42.0 Å². The van der Waals surface area contributed by atoms with E-state index >= 15 is 0 Å². The molecule has 2 aliphatic heterocycles. The maximum absolute atomic E-state index is 14.2. The van der Waals surface area contributed by atoms with E-state index in [2.05, 4.69) is 0 Å². The predicted molar refractivity (Wildman–Crippen MR) is 129 cm³/mol. The third-order valence-corrected chi connectivity index (χ3v) is 8.69. The molecule has 0 N–H and O–H groups in total. The summed E-state index contributed by atoms with van der Waals surface area (Å²) in [7, 11) is -2.68. The van der Waals surface area contributed by atoms with Crippen LogP contribution in [0.25, 0.3) is 0 Å². The summed E-state index contributed by atoms with van der Waals surface area (Å²) >= 11 is 0. The van der Waals surface area contributed by atoms with Crippen LogP contribution in [0.15, 0.2) is 66.7 Å². The predicted octanol–water partition coefficient (Wildman–Crippen LogP) is 3.47. The molecule has 34 heavy (non-hydrogen) atoms. The van der Waals surface area contributed by atoms with E-state index in [9.17, 15) is 18.0 Å². The lowest BCUT2D eigenvalue weighted by atomic mass is 10.0. The first-order valence-electron chi connectivity index (χ1n) is 10.9. The van der Waals surface area contributed by atoms with E-state index in [1.54, 1.807) is 48.5 Å². The highest BCUT2D eigenvalue weighted by atomic mass is 32.2. The zero-order chi connectivity index (χ0) is 24.3. The summed E-state index contributed by atoms with van der Waals surface area (Å²) in [5.74, 6) is -1.46. The van der Waals surface area contributed by atoms with Crippen molar-refractivity contribution in [3.05, 3.63) is 89.0 Å². The highest BCUT2D eigenvalue weighted by molar-refractivity contribution is 7.94. The molecule has 0 radical (unpaired) electrons. The Bertz CT molecular complexity index is 1430. The smallest absolute Gasteiger partial charge is 0.274 e. The monoisotopic (exact) mass is 476 g/mol. The molecule has 2 heterocycles.